The van der Waals surface area contributed by atoms with E-state index in [1.54, 1.807) is 0 Å². The molecular formula is C10H21N. The highest BCUT2D eigenvalue weighted by molar-refractivity contribution is 5.06. The number of likely N-dealkylation sites (N-methyl/N-ethyl adjacent to an activating group) is 1. The molecule has 0 aliphatic heterocycles. The van der Waals surface area contributed by atoms with Gasteiger partial charge >= 0.3 is 0 Å². The van der Waals surface area contributed by atoms with E-state index >= 15 is 0 Å². The lowest BCUT2D eigenvalue weighted by Gasteiger charge is -2.23. The summed E-state index contributed by atoms with van der Waals surface area (Å²) in [5, 5.41) is 0. The average molecular weight is 155 g/mol. The summed E-state index contributed by atoms with van der Waals surface area (Å²) in [5.74, 6) is 0. The third-order valence-corrected chi connectivity index (χ3v) is 2.06. The molecule has 0 saturated heterocycles. The first kappa shape index (κ1) is 10.7. The lowest BCUT2D eigenvalue weighted by molar-refractivity contribution is 0.322. The molecule has 1 unspecified atom stereocenters. The normalized spacial score (nSPS) is 15.6. The van der Waals surface area contributed by atoms with Gasteiger partial charge in [0.1, 0.15) is 0 Å². The Kier molecular flexibility index (Phi) is 5.22. The van der Waals surface area contributed by atoms with E-state index < -0.39 is 0 Å². The zero-order chi connectivity index (χ0) is 8.85. The van der Waals surface area contributed by atoms with Gasteiger partial charge in [0.05, 0.1) is 0 Å². The van der Waals surface area contributed by atoms with Crippen molar-refractivity contribution >= 4 is 0 Å². The van der Waals surface area contributed by atoms with E-state index in [0.717, 1.165) is 6.42 Å². The highest BCUT2D eigenvalue weighted by Gasteiger charge is 2.08. The van der Waals surface area contributed by atoms with Crippen molar-refractivity contribution < 1.29 is 0 Å². The Balaban J connectivity index is 4.13. The molecule has 0 saturated carbocycles. The molecule has 0 heterocycles. The Bertz CT molecular complexity index is 125. The molecule has 0 bridgehead atoms. The van der Waals surface area contributed by atoms with Crippen LogP contribution in [0.1, 0.15) is 33.6 Å². The molecule has 0 radical (unpaired) electrons. The molecule has 0 aromatic rings. The van der Waals surface area contributed by atoms with Gasteiger partial charge in [-0.05, 0) is 33.9 Å². The fourth-order valence-corrected chi connectivity index (χ4v) is 1.55. The minimum atomic E-state index is 0.634. The number of hydrogen-bond acceptors (Lipinski definition) is 1. The standard InChI is InChI=1S/C10H21N/c1-6-8-9(3)10(7-2)11(4)5/h8,10H,6-7H2,1-5H3/b9-8-. The second-order valence-electron chi connectivity index (χ2n) is 3.24. The molecule has 0 rings (SSSR count). The molecule has 11 heavy (non-hydrogen) atoms. The van der Waals surface area contributed by atoms with E-state index in [1.165, 1.54) is 12.0 Å². The second kappa shape index (κ2) is 5.36. The molecule has 0 spiro atoms. The van der Waals surface area contributed by atoms with Crippen LogP contribution in [0.25, 0.3) is 0 Å². The molecule has 0 amide bonds. The third kappa shape index (κ3) is 3.57. The van der Waals surface area contributed by atoms with Gasteiger partial charge in [-0.15, -0.1) is 0 Å². The summed E-state index contributed by atoms with van der Waals surface area (Å²) in [5.41, 5.74) is 1.50. The van der Waals surface area contributed by atoms with Crippen molar-refractivity contribution in [2.75, 3.05) is 14.1 Å². The van der Waals surface area contributed by atoms with Crippen LogP contribution in [0.3, 0.4) is 0 Å². The summed E-state index contributed by atoms with van der Waals surface area (Å²) in [4.78, 5) is 2.28. The van der Waals surface area contributed by atoms with Crippen molar-refractivity contribution in [3.8, 4) is 0 Å². The topological polar surface area (TPSA) is 3.24 Å². The van der Waals surface area contributed by atoms with Gasteiger partial charge in [-0.2, -0.15) is 0 Å². The number of allylic oxidation sites excluding steroid dienone is 1. The van der Waals surface area contributed by atoms with Crippen LogP contribution in [0.15, 0.2) is 11.6 Å². The summed E-state index contributed by atoms with van der Waals surface area (Å²) >= 11 is 0. The van der Waals surface area contributed by atoms with Gasteiger partial charge < -0.3 is 4.90 Å². The van der Waals surface area contributed by atoms with Gasteiger partial charge in [-0.3, -0.25) is 0 Å². The fourth-order valence-electron chi connectivity index (χ4n) is 1.55. The molecule has 1 nitrogen and oxygen atoms in total. The largest absolute Gasteiger partial charge is 0.303 e. The van der Waals surface area contributed by atoms with E-state index in [9.17, 15) is 0 Å². The summed E-state index contributed by atoms with van der Waals surface area (Å²) < 4.78 is 0. The first-order valence-electron chi connectivity index (χ1n) is 4.46. The van der Waals surface area contributed by atoms with Gasteiger partial charge in [0.25, 0.3) is 0 Å². The Morgan fingerprint density at radius 2 is 1.91 bits per heavy atom. The summed E-state index contributed by atoms with van der Waals surface area (Å²) in [6.45, 7) is 6.64. The van der Waals surface area contributed by atoms with Crippen LogP contribution in [0, 0.1) is 0 Å². The van der Waals surface area contributed by atoms with E-state index in [2.05, 4.69) is 45.8 Å². The fraction of sp³-hybridized carbons (Fsp3) is 0.800. The Hall–Kier alpha value is -0.300. The molecule has 0 N–H and O–H groups in total. The van der Waals surface area contributed by atoms with Gasteiger partial charge in [-0.1, -0.05) is 25.5 Å². The molecule has 0 aliphatic carbocycles. The van der Waals surface area contributed by atoms with Crippen molar-refractivity contribution in [2.24, 2.45) is 0 Å². The zero-order valence-corrected chi connectivity index (χ0v) is 8.52. The summed E-state index contributed by atoms with van der Waals surface area (Å²) in [6, 6.07) is 0.634. The number of hydrogen-bond donors (Lipinski definition) is 0. The molecule has 0 aliphatic rings. The Labute approximate surface area is 71.1 Å². The Morgan fingerprint density at radius 1 is 1.36 bits per heavy atom. The van der Waals surface area contributed by atoms with Gasteiger partial charge in [0.15, 0.2) is 0 Å². The monoisotopic (exact) mass is 155 g/mol. The van der Waals surface area contributed by atoms with Crippen LogP contribution in [0.2, 0.25) is 0 Å². The predicted octanol–water partition coefficient (Wildman–Crippen LogP) is 2.68. The zero-order valence-electron chi connectivity index (χ0n) is 8.52. The van der Waals surface area contributed by atoms with E-state index in [-0.39, 0.29) is 0 Å². The van der Waals surface area contributed by atoms with Crippen LogP contribution in [-0.4, -0.2) is 25.0 Å². The van der Waals surface area contributed by atoms with Gasteiger partial charge in [-0.25, -0.2) is 0 Å². The van der Waals surface area contributed by atoms with Crippen molar-refractivity contribution in [1.29, 1.82) is 0 Å². The lowest BCUT2D eigenvalue weighted by atomic mass is 10.0. The molecule has 0 fully saturated rings. The van der Waals surface area contributed by atoms with Crippen molar-refractivity contribution in [1.82, 2.24) is 4.90 Å². The van der Waals surface area contributed by atoms with Crippen molar-refractivity contribution in [3.63, 3.8) is 0 Å². The predicted molar refractivity (Wildman–Crippen MR) is 51.8 cm³/mol. The molecule has 0 aromatic heterocycles. The highest BCUT2D eigenvalue weighted by Crippen LogP contribution is 2.11. The minimum absolute atomic E-state index is 0.634. The maximum atomic E-state index is 2.31. The van der Waals surface area contributed by atoms with Gasteiger partial charge in [0.2, 0.25) is 0 Å². The quantitative estimate of drug-likeness (QED) is 0.564. The maximum absolute atomic E-state index is 2.31. The van der Waals surface area contributed by atoms with E-state index in [1.807, 2.05) is 0 Å². The maximum Gasteiger partial charge on any atom is 0.0296 e. The minimum Gasteiger partial charge on any atom is -0.303 e. The van der Waals surface area contributed by atoms with Crippen molar-refractivity contribution in [3.05, 3.63) is 11.6 Å². The average Bonchev–Trinajstić information content (AvgIpc) is 1.88. The first-order valence-corrected chi connectivity index (χ1v) is 4.46. The SMILES string of the molecule is CC/C=C(/C)C(CC)N(C)C. The lowest BCUT2D eigenvalue weighted by Crippen LogP contribution is -2.28. The van der Waals surface area contributed by atoms with Crippen LogP contribution < -0.4 is 0 Å². The first-order chi connectivity index (χ1) is 5.13. The van der Waals surface area contributed by atoms with Gasteiger partial charge in [0, 0.05) is 6.04 Å². The van der Waals surface area contributed by atoms with Crippen LogP contribution in [-0.2, 0) is 0 Å². The third-order valence-electron chi connectivity index (χ3n) is 2.06. The highest BCUT2D eigenvalue weighted by atomic mass is 15.1. The molecule has 66 valence electrons. The summed E-state index contributed by atoms with van der Waals surface area (Å²) in [6.07, 6.45) is 4.67. The molecule has 0 aromatic carbocycles. The number of nitrogens with zero attached hydrogens (tertiary/aromatic N) is 1. The van der Waals surface area contributed by atoms with Crippen LogP contribution in [0.5, 0.6) is 0 Å². The smallest absolute Gasteiger partial charge is 0.0296 e. The van der Waals surface area contributed by atoms with E-state index in [4.69, 9.17) is 0 Å². The Morgan fingerprint density at radius 3 is 2.18 bits per heavy atom. The summed E-state index contributed by atoms with van der Waals surface area (Å²) in [7, 11) is 4.28. The van der Waals surface area contributed by atoms with Crippen molar-refractivity contribution in [2.45, 2.75) is 39.7 Å². The number of rotatable bonds is 4. The van der Waals surface area contributed by atoms with Crippen LogP contribution >= 0.6 is 0 Å². The molecule has 1 atom stereocenters. The molecule has 1 heteroatoms. The van der Waals surface area contributed by atoms with Crippen LogP contribution in [0.4, 0.5) is 0 Å². The van der Waals surface area contributed by atoms with E-state index in [0.29, 0.717) is 6.04 Å². The molecular weight excluding hydrogens is 134 g/mol. The second-order valence-corrected chi connectivity index (χ2v) is 3.24.